The van der Waals surface area contributed by atoms with Gasteiger partial charge in [0.2, 0.25) is 0 Å². The minimum Gasteiger partial charge on any atom is -0.347 e. The van der Waals surface area contributed by atoms with E-state index < -0.39 is 33.4 Å². The predicted molar refractivity (Wildman–Crippen MR) is 116 cm³/mol. The molecule has 1 aromatic carbocycles. The van der Waals surface area contributed by atoms with E-state index in [-0.39, 0.29) is 22.4 Å². The first-order chi connectivity index (χ1) is 14.6. The first-order valence-electron chi connectivity index (χ1n) is 9.62. The summed E-state index contributed by atoms with van der Waals surface area (Å²) >= 11 is 6.12. The van der Waals surface area contributed by atoms with Crippen LogP contribution in [0.3, 0.4) is 0 Å². The quantitative estimate of drug-likeness (QED) is 0.691. The molecule has 0 bridgehead atoms. The summed E-state index contributed by atoms with van der Waals surface area (Å²) in [7, 11) is -3.32. The maximum Gasteiger partial charge on any atom is 0.253 e. The van der Waals surface area contributed by atoms with Crippen molar-refractivity contribution < 1.29 is 22.0 Å². The highest BCUT2D eigenvalue weighted by atomic mass is 35.5. The maximum atomic E-state index is 14.9. The van der Waals surface area contributed by atoms with Gasteiger partial charge in [0.25, 0.3) is 5.91 Å². The van der Waals surface area contributed by atoms with Crippen molar-refractivity contribution in [3.63, 3.8) is 0 Å². The second-order valence-electron chi connectivity index (χ2n) is 7.44. The summed E-state index contributed by atoms with van der Waals surface area (Å²) in [6.07, 6.45) is 5.03. The molecule has 166 valence electrons. The van der Waals surface area contributed by atoms with Gasteiger partial charge < -0.3 is 10.2 Å². The van der Waals surface area contributed by atoms with E-state index in [1.54, 1.807) is 24.0 Å². The fourth-order valence-electron chi connectivity index (χ4n) is 3.49. The molecular formula is C21H22ClF2N3O3S. The van der Waals surface area contributed by atoms with Crippen LogP contribution in [0.4, 0.5) is 14.6 Å². The van der Waals surface area contributed by atoms with Crippen LogP contribution in [-0.2, 0) is 9.84 Å². The molecule has 1 amide bonds. The molecule has 1 saturated heterocycles. The molecule has 6 nitrogen and oxygen atoms in total. The highest BCUT2D eigenvalue weighted by Crippen LogP contribution is 2.39. The average molecular weight is 470 g/mol. The molecule has 2 aromatic rings. The van der Waals surface area contributed by atoms with E-state index >= 15 is 0 Å². The molecule has 1 N–H and O–H groups in total. The molecule has 31 heavy (non-hydrogen) atoms. The van der Waals surface area contributed by atoms with E-state index in [1.807, 2.05) is 0 Å². The minimum absolute atomic E-state index is 0.000362. The first-order valence-corrected chi connectivity index (χ1v) is 12.0. The Hall–Kier alpha value is -2.52. The number of anilines is 1. The van der Waals surface area contributed by atoms with Gasteiger partial charge in [-0.3, -0.25) is 4.79 Å². The van der Waals surface area contributed by atoms with Crippen LogP contribution in [0.2, 0.25) is 5.02 Å². The third kappa shape index (κ3) is 5.59. The molecule has 1 fully saturated rings. The Kier molecular flexibility index (Phi) is 6.96. The largest absolute Gasteiger partial charge is 0.347 e. The van der Waals surface area contributed by atoms with E-state index in [4.69, 9.17) is 11.6 Å². The Morgan fingerprint density at radius 1 is 1.35 bits per heavy atom. The van der Waals surface area contributed by atoms with E-state index in [0.29, 0.717) is 18.5 Å². The maximum absolute atomic E-state index is 14.9. The van der Waals surface area contributed by atoms with Gasteiger partial charge in [0.05, 0.1) is 16.6 Å². The number of nitrogens with one attached hydrogen (secondary N) is 1. The number of hydrogen-bond acceptors (Lipinski definition) is 5. The summed E-state index contributed by atoms with van der Waals surface area (Å²) in [5.74, 6) is -1.75. The lowest BCUT2D eigenvalue weighted by Gasteiger charge is -2.27. The number of halogens is 3. The standard InChI is InChI=1S/C21H22ClF2N3O3S/c1-13(8-10-31(2,29)30)26-21(28)14-11-17(24)20(25-12-14)27-9-4-7-18(27)15-5-3-6-16(23)19(15)22/h3,5-6,8,10-13,18H,4,7,9H2,1-2H3,(H,26,28)/b10-8+/t13-,18?/m1/s1. The number of hydrogen-bond donors (Lipinski definition) is 1. The van der Waals surface area contributed by atoms with Crippen LogP contribution in [0.5, 0.6) is 0 Å². The summed E-state index contributed by atoms with van der Waals surface area (Å²) in [5.41, 5.74) is 0.564. The molecule has 1 aromatic heterocycles. The molecule has 0 radical (unpaired) electrons. The smallest absolute Gasteiger partial charge is 0.253 e. The van der Waals surface area contributed by atoms with E-state index in [9.17, 15) is 22.0 Å². The Labute approximate surface area is 184 Å². The van der Waals surface area contributed by atoms with E-state index in [0.717, 1.165) is 24.2 Å². The zero-order valence-electron chi connectivity index (χ0n) is 17.0. The fourth-order valence-corrected chi connectivity index (χ4v) is 4.26. The first kappa shape index (κ1) is 23.1. The molecule has 2 atom stereocenters. The summed E-state index contributed by atoms with van der Waals surface area (Å²) < 4.78 is 51.1. The van der Waals surface area contributed by atoms with Crippen LogP contribution in [0.1, 0.15) is 41.7 Å². The predicted octanol–water partition coefficient (Wildman–Crippen LogP) is 4.03. The summed E-state index contributed by atoms with van der Waals surface area (Å²) in [6.45, 7) is 2.11. The van der Waals surface area contributed by atoms with Gasteiger partial charge in [-0.15, -0.1) is 0 Å². The van der Waals surface area contributed by atoms with E-state index in [2.05, 4.69) is 10.3 Å². The van der Waals surface area contributed by atoms with Crippen LogP contribution < -0.4 is 10.2 Å². The Bertz CT molecular complexity index is 1120. The molecule has 0 spiro atoms. The zero-order valence-corrected chi connectivity index (χ0v) is 18.6. The highest BCUT2D eigenvalue weighted by molar-refractivity contribution is 7.93. The second kappa shape index (κ2) is 9.32. The van der Waals surface area contributed by atoms with Crippen molar-refractivity contribution in [3.8, 4) is 0 Å². The second-order valence-corrected chi connectivity index (χ2v) is 9.75. The topological polar surface area (TPSA) is 79.4 Å². The van der Waals surface area contributed by atoms with Crippen molar-refractivity contribution in [1.29, 1.82) is 0 Å². The minimum atomic E-state index is -3.32. The van der Waals surface area contributed by atoms with Crippen LogP contribution in [0.25, 0.3) is 0 Å². The molecule has 0 aliphatic carbocycles. The van der Waals surface area contributed by atoms with Gasteiger partial charge >= 0.3 is 0 Å². The lowest BCUT2D eigenvalue weighted by Crippen LogP contribution is -2.31. The number of aromatic nitrogens is 1. The van der Waals surface area contributed by atoms with Gasteiger partial charge in [0.1, 0.15) is 5.82 Å². The van der Waals surface area contributed by atoms with Crippen molar-refractivity contribution in [2.45, 2.75) is 31.8 Å². The van der Waals surface area contributed by atoms with Crippen molar-refractivity contribution in [1.82, 2.24) is 10.3 Å². The van der Waals surface area contributed by atoms with Crippen LogP contribution in [0, 0.1) is 11.6 Å². The Balaban J connectivity index is 1.79. The highest BCUT2D eigenvalue weighted by Gasteiger charge is 2.31. The zero-order chi connectivity index (χ0) is 22.8. The van der Waals surface area contributed by atoms with Gasteiger partial charge in [-0.1, -0.05) is 29.8 Å². The van der Waals surface area contributed by atoms with Gasteiger partial charge in [0, 0.05) is 30.4 Å². The Morgan fingerprint density at radius 2 is 2.10 bits per heavy atom. The Morgan fingerprint density at radius 3 is 2.77 bits per heavy atom. The van der Waals surface area contributed by atoms with Crippen molar-refractivity contribution in [3.05, 3.63) is 69.7 Å². The van der Waals surface area contributed by atoms with Crippen molar-refractivity contribution >= 4 is 33.2 Å². The SMILES string of the molecule is C[C@H](/C=C/S(C)(=O)=O)NC(=O)c1cnc(N2CCCC2c2cccc(F)c2Cl)c(F)c1. The molecule has 1 aliphatic heterocycles. The summed E-state index contributed by atoms with van der Waals surface area (Å²) in [6, 6.07) is 4.70. The molecule has 2 heterocycles. The molecule has 0 saturated carbocycles. The van der Waals surface area contributed by atoms with E-state index in [1.165, 1.54) is 18.3 Å². The average Bonchev–Trinajstić information content (AvgIpc) is 3.17. The lowest BCUT2D eigenvalue weighted by atomic mass is 10.0. The number of nitrogens with zero attached hydrogens (tertiary/aromatic N) is 2. The van der Waals surface area contributed by atoms with Gasteiger partial charge in [-0.2, -0.15) is 0 Å². The monoisotopic (exact) mass is 469 g/mol. The van der Waals surface area contributed by atoms with Crippen molar-refractivity contribution in [2.24, 2.45) is 0 Å². The number of carbonyl (C=O) groups is 1. The van der Waals surface area contributed by atoms with Crippen LogP contribution in [0.15, 0.2) is 41.9 Å². The van der Waals surface area contributed by atoms with Gasteiger partial charge in [0.15, 0.2) is 21.5 Å². The summed E-state index contributed by atoms with van der Waals surface area (Å²) in [4.78, 5) is 18.2. The van der Waals surface area contributed by atoms with Gasteiger partial charge in [-0.25, -0.2) is 22.2 Å². The number of pyridine rings is 1. The summed E-state index contributed by atoms with van der Waals surface area (Å²) in [5, 5.41) is 3.56. The molecular weight excluding hydrogens is 448 g/mol. The van der Waals surface area contributed by atoms with Crippen LogP contribution in [-0.4, -0.2) is 38.2 Å². The molecule has 1 aliphatic rings. The third-order valence-corrected chi connectivity index (χ3v) is 5.97. The molecule has 1 unspecified atom stereocenters. The van der Waals surface area contributed by atoms with Crippen molar-refractivity contribution in [2.75, 3.05) is 17.7 Å². The number of rotatable bonds is 6. The fraction of sp³-hybridized carbons (Fsp3) is 0.333. The number of benzene rings is 1. The van der Waals surface area contributed by atoms with Gasteiger partial charge in [-0.05, 0) is 37.5 Å². The molecule has 10 heteroatoms. The molecule has 3 rings (SSSR count). The number of sulfone groups is 1. The number of carbonyl (C=O) groups excluding carboxylic acids is 1. The lowest BCUT2D eigenvalue weighted by molar-refractivity contribution is 0.0946. The number of amides is 1. The third-order valence-electron chi connectivity index (χ3n) is 4.92. The normalized spacial score (nSPS) is 17.8. The van der Waals surface area contributed by atoms with Crippen LogP contribution >= 0.6 is 11.6 Å².